The van der Waals surface area contributed by atoms with Crippen molar-refractivity contribution in [1.29, 1.82) is 0 Å². The van der Waals surface area contributed by atoms with Crippen LogP contribution >= 0.6 is 0 Å². The Morgan fingerprint density at radius 3 is 2.40 bits per heavy atom. The molecule has 0 aliphatic heterocycles. The van der Waals surface area contributed by atoms with E-state index in [2.05, 4.69) is 25.6 Å². The Labute approximate surface area is 164 Å². The normalized spacial score (nSPS) is 12.3. The maximum atomic E-state index is 13.2. The molecule has 0 unspecified atom stereocenters. The molecular formula is C18H10F6N6. The van der Waals surface area contributed by atoms with Gasteiger partial charge < -0.3 is 5.32 Å². The van der Waals surface area contributed by atoms with E-state index in [4.69, 9.17) is 0 Å². The highest BCUT2D eigenvalue weighted by atomic mass is 19.4. The van der Waals surface area contributed by atoms with E-state index >= 15 is 0 Å². The average Bonchev–Trinajstić information content (AvgIpc) is 3.09. The first-order valence-electron chi connectivity index (χ1n) is 8.31. The molecule has 30 heavy (non-hydrogen) atoms. The highest BCUT2D eigenvalue weighted by molar-refractivity contribution is 5.67. The van der Waals surface area contributed by atoms with Crippen LogP contribution in [0.25, 0.3) is 16.9 Å². The van der Waals surface area contributed by atoms with Gasteiger partial charge in [-0.3, -0.25) is 4.98 Å². The van der Waals surface area contributed by atoms with Crippen molar-refractivity contribution < 1.29 is 26.3 Å². The first-order valence-corrected chi connectivity index (χ1v) is 8.31. The minimum absolute atomic E-state index is 0.00654. The van der Waals surface area contributed by atoms with Crippen LogP contribution in [0.4, 0.5) is 38.0 Å². The predicted octanol–water partition coefficient (Wildman–Crippen LogP) is 4.97. The Balaban J connectivity index is 1.69. The number of fused-ring (bicyclic) bond motifs is 1. The zero-order valence-corrected chi connectivity index (χ0v) is 14.7. The van der Waals surface area contributed by atoms with Gasteiger partial charge in [-0.1, -0.05) is 6.07 Å². The average molecular weight is 424 g/mol. The number of alkyl halides is 6. The lowest BCUT2D eigenvalue weighted by Gasteiger charge is -2.11. The van der Waals surface area contributed by atoms with E-state index in [0.717, 1.165) is 28.9 Å². The third-order valence-corrected chi connectivity index (χ3v) is 4.09. The number of halogens is 6. The minimum Gasteiger partial charge on any atom is -0.323 e. The maximum absolute atomic E-state index is 13.2. The van der Waals surface area contributed by atoms with Crippen molar-refractivity contribution in [1.82, 2.24) is 24.8 Å². The van der Waals surface area contributed by atoms with Gasteiger partial charge in [0.05, 0.1) is 23.0 Å². The van der Waals surface area contributed by atoms with E-state index < -0.39 is 23.5 Å². The molecule has 0 saturated heterocycles. The summed E-state index contributed by atoms with van der Waals surface area (Å²) in [6.07, 6.45) is -6.76. The number of benzene rings is 1. The van der Waals surface area contributed by atoms with Crippen LogP contribution in [0.1, 0.15) is 11.1 Å². The van der Waals surface area contributed by atoms with E-state index in [1.165, 1.54) is 30.5 Å². The van der Waals surface area contributed by atoms with Gasteiger partial charge in [-0.15, -0.1) is 10.2 Å². The van der Waals surface area contributed by atoms with Crippen molar-refractivity contribution in [2.24, 2.45) is 0 Å². The summed E-state index contributed by atoms with van der Waals surface area (Å²) in [5.41, 5.74) is -1.87. The summed E-state index contributed by atoms with van der Waals surface area (Å²) >= 11 is 0. The quantitative estimate of drug-likeness (QED) is 0.471. The van der Waals surface area contributed by atoms with Crippen LogP contribution in [-0.2, 0) is 12.4 Å². The van der Waals surface area contributed by atoms with Crippen LogP contribution in [0, 0.1) is 0 Å². The van der Waals surface area contributed by atoms with Crippen LogP contribution in [0.15, 0.2) is 54.9 Å². The standard InChI is InChI=1S/C18H10F6N6/c19-17(20,21)11-3-1-4-12(8-11)27-16-29-28-14-7-10(9-26-30(14)16)15-13(18(22,23)24)5-2-6-25-15/h1-9H,(H,27,29). The second-order valence-electron chi connectivity index (χ2n) is 6.14. The Morgan fingerprint density at radius 1 is 0.867 bits per heavy atom. The van der Waals surface area contributed by atoms with Crippen molar-refractivity contribution >= 4 is 17.3 Å². The predicted molar refractivity (Wildman–Crippen MR) is 93.7 cm³/mol. The number of aromatic nitrogens is 5. The summed E-state index contributed by atoms with van der Waals surface area (Å²) in [4.78, 5) is 3.79. The van der Waals surface area contributed by atoms with Gasteiger partial charge in [0.1, 0.15) is 0 Å². The smallest absolute Gasteiger partial charge is 0.323 e. The largest absolute Gasteiger partial charge is 0.418 e. The first-order chi connectivity index (χ1) is 14.1. The molecule has 4 rings (SSSR count). The molecule has 0 fully saturated rings. The zero-order valence-electron chi connectivity index (χ0n) is 14.7. The van der Waals surface area contributed by atoms with E-state index in [0.29, 0.717) is 0 Å². The van der Waals surface area contributed by atoms with Crippen LogP contribution in [0.3, 0.4) is 0 Å². The van der Waals surface area contributed by atoms with Crippen LogP contribution < -0.4 is 5.32 Å². The van der Waals surface area contributed by atoms with Gasteiger partial charge in [-0.2, -0.15) is 36.0 Å². The number of hydrogen-bond acceptors (Lipinski definition) is 5. The van der Waals surface area contributed by atoms with Crippen molar-refractivity contribution in [2.45, 2.75) is 12.4 Å². The summed E-state index contributed by atoms with van der Waals surface area (Å²) in [6, 6.07) is 7.80. The molecule has 12 heteroatoms. The molecule has 1 N–H and O–H groups in total. The van der Waals surface area contributed by atoms with Gasteiger partial charge >= 0.3 is 12.4 Å². The number of nitrogens with one attached hydrogen (secondary N) is 1. The minimum atomic E-state index is -4.61. The highest BCUT2D eigenvalue weighted by Crippen LogP contribution is 2.36. The fraction of sp³-hybridized carbons (Fsp3) is 0.111. The fourth-order valence-corrected chi connectivity index (χ4v) is 2.77. The molecule has 0 bridgehead atoms. The zero-order chi connectivity index (χ0) is 21.5. The molecule has 3 heterocycles. The molecule has 0 amide bonds. The van der Waals surface area contributed by atoms with Gasteiger partial charge in [0.2, 0.25) is 5.95 Å². The maximum Gasteiger partial charge on any atom is 0.418 e. The van der Waals surface area contributed by atoms with Crippen LogP contribution in [0.5, 0.6) is 0 Å². The molecule has 0 saturated carbocycles. The molecule has 0 radical (unpaired) electrons. The molecule has 1 aromatic carbocycles. The number of pyridine rings is 1. The van der Waals surface area contributed by atoms with Gasteiger partial charge in [-0.05, 0) is 36.4 Å². The van der Waals surface area contributed by atoms with Gasteiger partial charge in [0.15, 0.2) is 5.65 Å². The summed E-state index contributed by atoms with van der Waals surface area (Å²) < 4.78 is 79.4. The third-order valence-electron chi connectivity index (χ3n) is 4.09. The number of hydrogen-bond donors (Lipinski definition) is 1. The molecule has 0 atom stereocenters. The van der Waals surface area contributed by atoms with Crippen molar-refractivity contribution in [2.75, 3.05) is 5.32 Å². The van der Waals surface area contributed by atoms with Crippen LogP contribution in [-0.4, -0.2) is 24.8 Å². The molecule has 0 aliphatic rings. The van der Waals surface area contributed by atoms with E-state index in [1.807, 2.05) is 0 Å². The SMILES string of the molecule is FC(F)(F)c1cccc(Nc2nnc3cc(-c4ncccc4C(F)(F)F)cnn23)c1. The van der Waals surface area contributed by atoms with Crippen molar-refractivity contribution in [3.8, 4) is 11.3 Å². The van der Waals surface area contributed by atoms with E-state index in [-0.39, 0.29) is 28.5 Å². The molecule has 6 nitrogen and oxygen atoms in total. The lowest BCUT2D eigenvalue weighted by Crippen LogP contribution is -2.08. The van der Waals surface area contributed by atoms with Crippen LogP contribution in [0.2, 0.25) is 0 Å². The lowest BCUT2D eigenvalue weighted by atomic mass is 10.1. The Morgan fingerprint density at radius 2 is 1.67 bits per heavy atom. The topological polar surface area (TPSA) is 68.0 Å². The monoisotopic (exact) mass is 424 g/mol. The van der Waals surface area contributed by atoms with Gasteiger partial charge in [0, 0.05) is 17.4 Å². The summed E-state index contributed by atoms with van der Waals surface area (Å²) in [5.74, 6) is -0.00654. The second-order valence-corrected chi connectivity index (χ2v) is 6.14. The summed E-state index contributed by atoms with van der Waals surface area (Å²) in [6.45, 7) is 0. The third kappa shape index (κ3) is 3.75. The molecule has 3 aromatic heterocycles. The van der Waals surface area contributed by atoms with Crippen molar-refractivity contribution in [3.05, 3.63) is 66.0 Å². The van der Waals surface area contributed by atoms with Gasteiger partial charge in [0.25, 0.3) is 0 Å². The summed E-state index contributed by atoms with van der Waals surface area (Å²) in [5, 5.41) is 14.3. The second kappa shape index (κ2) is 6.97. The molecular weight excluding hydrogens is 414 g/mol. The first kappa shape index (κ1) is 19.6. The molecule has 0 spiro atoms. The fourth-order valence-electron chi connectivity index (χ4n) is 2.77. The van der Waals surface area contributed by atoms with E-state index in [9.17, 15) is 26.3 Å². The highest BCUT2D eigenvalue weighted by Gasteiger charge is 2.34. The van der Waals surface area contributed by atoms with E-state index in [1.54, 1.807) is 0 Å². The molecule has 154 valence electrons. The van der Waals surface area contributed by atoms with Gasteiger partial charge in [-0.25, -0.2) is 0 Å². The molecule has 0 aliphatic carbocycles. The summed E-state index contributed by atoms with van der Waals surface area (Å²) in [7, 11) is 0. The van der Waals surface area contributed by atoms with Crippen molar-refractivity contribution in [3.63, 3.8) is 0 Å². The Bertz CT molecular complexity index is 1210. The Kier molecular flexibility index (Phi) is 4.56. The Hall–Kier alpha value is -3.70. The lowest BCUT2D eigenvalue weighted by molar-refractivity contribution is -0.138. The number of rotatable bonds is 3. The number of anilines is 2. The number of nitrogens with zero attached hydrogens (tertiary/aromatic N) is 5. The molecule has 4 aromatic rings.